The molecule has 1 aromatic rings. The van der Waals surface area contributed by atoms with Crippen molar-refractivity contribution in [1.29, 1.82) is 0 Å². The van der Waals surface area contributed by atoms with Gasteiger partial charge in [-0.25, -0.2) is 4.98 Å². The van der Waals surface area contributed by atoms with Crippen LogP contribution in [-0.2, 0) is 12.0 Å². The highest BCUT2D eigenvalue weighted by atomic mass is 32.1. The van der Waals surface area contributed by atoms with Gasteiger partial charge in [-0.05, 0) is 61.8 Å². The summed E-state index contributed by atoms with van der Waals surface area (Å²) in [5.74, 6) is 0.956. The van der Waals surface area contributed by atoms with Gasteiger partial charge in [-0.15, -0.1) is 11.3 Å². The Morgan fingerprint density at radius 3 is 2.52 bits per heavy atom. The Labute approximate surface area is 132 Å². The van der Waals surface area contributed by atoms with E-state index in [1.54, 1.807) is 0 Å². The first-order valence-corrected chi connectivity index (χ1v) is 9.42. The summed E-state index contributed by atoms with van der Waals surface area (Å²) in [6, 6.07) is 0. The van der Waals surface area contributed by atoms with E-state index in [4.69, 9.17) is 4.98 Å². The summed E-state index contributed by atoms with van der Waals surface area (Å²) in [6.07, 6.45) is 10.7. The lowest BCUT2D eigenvalue weighted by Gasteiger charge is -2.64. The van der Waals surface area contributed by atoms with Crippen LogP contribution in [0.1, 0.15) is 69.2 Å². The second-order valence-corrected chi connectivity index (χ2v) is 9.94. The van der Waals surface area contributed by atoms with E-state index < -0.39 is 0 Å². The standard InChI is InChI=1S/C18H28N2S/c1-4-19-8-14-9-20-15(21-14)18-7-13-5-16(2,11-18)10-17(3,6-13)12-18/h9,13,19H,4-8,10-12H2,1-3H3. The number of rotatable bonds is 4. The van der Waals surface area contributed by atoms with Gasteiger partial charge in [0.1, 0.15) is 0 Å². The molecule has 4 fully saturated rings. The molecule has 21 heavy (non-hydrogen) atoms. The van der Waals surface area contributed by atoms with Gasteiger partial charge in [-0.1, -0.05) is 20.8 Å². The molecule has 0 amide bonds. The molecule has 2 unspecified atom stereocenters. The number of nitrogens with zero attached hydrogens (tertiary/aromatic N) is 1. The number of nitrogens with one attached hydrogen (secondary N) is 1. The molecule has 1 N–H and O–H groups in total. The first kappa shape index (κ1) is 14.2. The van der Waals surface area contributed by atoms with Gasteiger partial charge >= 0.3 is 0 Å². The number of thiazole rings is 1. The van der Waals surface area contributed by atoms with Crippen molar-refractivity contribution in [3.63, 3.8) is 0 Å². The van der Waals surface area contributed by atoms with Gasteiger partial charge in [-0.2, -0.15) is 0 Å². The SMILES string of the molecule is CCNCc1cnc(C23CC4CC(C)(CC(C)(C4)C2)C3)s1. The van der Waals surface area contributed by atoms with Crippen molar-refractivity contribution < 1.29 is 0 Å². The highest BCUT2D eigenvalue weighted by molar-refractivity contribution is 7.11. The third kappa shape index (κ3) is 2.28. The molecular formula is C18H28N2S. The molecule has 0 aromatic carbocycles. The van der Waals surface area contributed by atoms with Gasteiger partial charge < -0.3 is 5.32 Å². The molecule has 2 atom stereocenters. The zero-order valence-corrected chi connectivity index (χ0v) is 14.5. The summed E-state index contributed by atoms with van der Waals surface area (Å²) < 4.78 is 0. The zero-order valence-electron chi connectivity index (χ0n) is 13.7. The fourth-order valence-corrected chi connectivity index (χ4v) is 7.65. The second-order valence-electron chi connectivity index (χ2n) is 8.82. The molecule has 0 aliphatic heterocycles. The van der Waals surface area contributed by atoms with E-state index in [1.807, 2.05) is 11.3 Å². The lowest BCUT2D eigenvalue weighted by molar-refractivity contribution is -0.110. The fraction of sp³-hybridized carbons (Fsp3) is 0.833. The number of hydrogen-bond acceptors (Lipinski definition) is 3. The molecule has 0 spiro atoms. The van der Waals surface area contributed by atoms with E-state index in [9.17, 15) is 0 Å². The van der Waals surface area contributed by atoms with Crippen LogP contribution >= 0.6 is 11.3 Å². The Morgan fingerprint density at radius 2 is 1.90 bits per heavy atom. The smallest absolute Gasteiger partial charge is 0.0990 e. The average Bonchev–Trinajstić information content (AvgIpc) is 2.81. The molecule has 116 valence electrons. The molecule has 4 aliphatic carbocycles. The second kappa shape index (κ2) is 4.55. The van der Waals surface area contributed by atoms with Crippen molar-refractivity contribution in [2.24, 2.45) is 16.7 Å². The third-order valence-electron chi connectivity index (χ3n) is 6.18. The van der Waals surface area contributed by atoms with Crippen LogP contribution in [-0.4, -0.2) is 11.5 Å². The molecule has 4 aliphatic rings. The molecule has 4 bridgehead atoms. The monoisotopic (exact) mass is 304 g/mol. The van der Waals surface area contributed by atoms with Crippen LogP contribution in [0.3, 0.4) is 0 Å². The summed E-state index contributed by atoms with van der Waals surface area (Å²) in [5.41, 5.74) is 1.58. The van der Waals surface area contributed by atoms with Crippen molar-refractivity contribution >= 4 is 11.3 Å². The van der Waals surface area contributed by atoms with Crippen molar-refractivity contribution in [2.45, 2.75) is 71.3 Å². The predicted molar refractivity (Wildman–Crippen MR) is 88.6 cm³/mol. The summed E-state index contributed by atoms with van der Waals surface area (Å²) in [6.45, 7) is 9.30. The Morgan fingerprint density at radius 1 is 1.19 bits per heavy atom. The van der Waals surface area contributed by atoms with E-state index in [2.05, 4.69) is 32.3 Å². The van der Waals surface area contributed by atoms with Gasteiger partial charge in [0.25, 0.3) is 0 Å². The maximum Gasteiger partial charge on any atom is 0.0990 e. The highest BCUT2D eigenvalue weighted by Crippen LogP contribution is 2.70. The van der Waals surface area contributed by atoms with E-state index in [0.717, 1.165) is 19.0 Å². The third-order valence-corrected chi connectivity index (χ3v) is 7.43. The minimum atomic E-state index is 0.415. The van der Waals surface area contributed by atoms with E-state index in [0.29, 0.717) is 16.2 Å². The van der Waals surface area contributed by atoms with Crippen LogP contribution in [0.15, 0.2) is 6.20 Å². The first-order valence-electron chi connectivity index (χ1n) is 8.60. The summed E-state index contributed by atoms with van der Waals surface area (Å²) in [5, 5.41) is 4.89. The van der Waals surface area contributed by atoms with Gasteiger partial charge in [0.15, 0.2) is 0 Å². The topological polar surface area (TPSA) is 24.9 Å². The highest BCUT2D eigenvalue weighted by Gasteiger charge is 2.61. The number of aromatic nitrogens is 1. The normalized spacial score (nSPS) is 44.4. The van der Waals surface area contributed by atoms with Crippen LogP contribution in [0.2, 0.25) is 0 Å². The predicted octanol–water partition coefficient (Wildman–Crippen LogP) is 4.50. The van der Waals surface area contributed by atoms with Crippen LogP contribution in [0.5, 0.6) is 0 Å². The van der Waals surface area contributed by atoms with E-state index in [-0.39, 0.29) is 0 Å². The molecule has 0 radical (unpaired) electrons. The average molecular weight is 305 g/mol. The van der Waals surface area contributed by atoms with Gasteiger partial charge in [0, 0.05) is 23.0 Å². The lowest BCUT2D eigenvalue weighted by atomic mass is 9.40. The minimum absolute atomic E-state index is 0.415. The molecule has 0 saturated heterocycles. The first-order chi connectivity index (χ1) is 9.94. The van der Waals surface area contributed by atoms with Crippen LogP contribution in [0.4, 0.5) is 0 Å². The molecule has 5 rings (SSSR count). The van der Waals surface area contributed by atoms with Crippen LogP contribution < -0.4 is 5.32 Å². The van der Waals surface area contributed by atoms with Crippen molar-refractivity contribution in [3.05, 3.63) is 16.1 Å². The van der Waals surface area contributed by atoms with E-state index in [1.165, 1.54) is 48.4 Å². The molecule has 4 saturated carbocycles. The minimum Gasteiger partial charge on any atom is -0.312 e. The molecular weight excluding hydrogens is 276 g/mol. The molecule has 2 nitrogen and oxygen atoms in total. The Kier molecular flexibility index (Phi) is 3.07. The summed E-state index contributed by atoms with van der Waals surface area (Å²) in [7, 11) is 0. The zero-order chi connectivity index (χ0) is 14.7. The Balaban J connectivity index is 1.66. The van der Waals surface area contributed by atoms with Crippen molar-refractivity contribution in [3.8, 4) is 0 Å². The maximum atomic E-state index is 4.90. The van der Waals surface area contributed by atoms with Crippen molar-refractivity contribution in [1.82, 2.24) is 10.3 Å². The van der Waals surface area contributed by atoms with Crippen LogP contribution in [0, 0.1) is 16.7 Å². The van der Waals surface area contributed by atoms with Crippen LogP contribution in [0.25, 0.3) is 0 Å². The quantitative estimate of drug-likeness (QED) is 0.886. The van der Waals surface area contributed by atoms with Gasteiger partial charge in [0.05, 0.1) is 5.01 Å². The van der Waals surface area contributed by atoms with Gasteiger partial charge in [-0.3, -0.25) is 0 Å². The summed E-state index contributed by atoms with van der Waals surface area (Å²) >= 11 is 1.99. The van der Waals surface area contributed by atoms with Gasteiger partial charge in [0.2, 0.25) is 0 Å². The van der Waals surface area contributed by atoms with Crippen molar-refractivity contribution in [2.75, 3.05) is 6.54 Å². The largest absolute Gasteiger partial charge is 0.312 e. The molecule has 1 aromatic heterocycles. The molecule has 3 heteroatoms. The summed E-state index contributed by atoms with van der Waals surface area (Å²) in [4.78, 5) is 6.31. The Bertz CT molecular complexity index is 531. The Hall–Kier alpha value is -0.410. The fourth-order valence-electron chi connectivity index (χ4n) is 6.57. The van der Waals surface area contributed by atoms with E-state index >= 15 is 0 Å². The maximum absolute atomic E-state index is 4.90. The molecule has 1 heterocycles. The lowest BCUT2D eigenvalue weighted by Crippen LogP contribution is -2.56. The number of hydrogen-bond donors (Lipinski definition) is 1.